The van der Waals surface area contributed by atoms with Crippen LogP contribution in [0.1, 0.15) is 10.4 Å². The number of hydrogen-bond acceptors (Lipinski definition) is 6. The van der Waals surface area contributed by atoms with Crippen molar-refractivity contribution in [2.75, 3.05) is 40.1 Å². The van der Waals surface area contributed by atoms with Crippen LogP contribution in [-0.2, 0) is 9.59 Å². The Morgan fingerprint density at radius 1 is 0.903 bits per heavy atom. The van der Waals surface area contributed by atoms with Gasteiger partial charge in [0.05, 0.1) is 24.5 Å². The molecular weight excluding hydrogens is 394 g/mol. The maximum absolute atomic E-state index is 12.5. The van der Waals surface area contributed by atoms with Crippen LogP contribution in [-0.4, -0.2) is 31.2 Å². The van der Waals surface area contributed by atoms with Gasteiger partial charge in [-0.15, -0.1) is 0 Å². The van der Waals surface area contributed by atoms with Gasteiger partial charge in [-0.3, -0.25) is 9.59 Å². The van der Waals surface area contributed by atoms with Gasteiger partial charge < -0.3 is 31.8 Å². The maximum atomic E-state index is 12.5. The molecule has 0 aliphatic rings. The summed E-state index contributed by atoms with van der Waals surface area (Å²) in [5.74, 6) is -0.611. The van der Waals surface area contributed by atoms with Gasteiger partial charge in [-0.25, -0.2) is 0 Å². The standard InChI is InChI=1S/C23H23N5O3/c24-17-8-11-20(25)21(14-17)27-23(31)16-6-9-19(10-7-16)28(12-13-29)15-22(30)26-18-4-2-1-3-5-18/h1-11,13-14H,12,15,24-25H2,(H,26,30)(H,27,31). The molecule has 0 saturated carbocycles. The summed E-state index contributed by atoms with van der Waals surface area (Å²) in [7, 11) is 0. The number of carbonyl (C=O) groups is 3. The van der Waals surface area contributed by atoms with Crippen LogP contribution in [0.5, 0.6) is 0 Å². The van der Waals surface area contributed by atoms with Crippen molar-refractivity contribution in [2.45, 2.75) is 0 Å². The van der Waals surface area contributed by atoms with E-state index >= 15 is 0 Å². The molecule has 8 nitrogen and oxygen atoms in total. The Labute approximate surface area is 179 Å². The van der Waals surface area contributed by atoms with Gasteiger partial charge in [0.1, 0.15) is 6.29 Å². The topological polar surface area (TPSA) is 131 Å². The molecule has 0 aromatic heterocycles. The lowest BCUT2D eigenvalue weighted by molar-refractivity contribution is -0.115. The van der Waals surface area contributed by atoms with Crippen LogP contribution >= 0.6 is 0 Å². The van der Waals surface area contributed by atoms with Crippen molar-refractivity contribution in [1.82, 2.24) is 0 Å². The molecule has 0 aliphatic carbocycles. The first-order chi connectivity index (χ1) is 15.0. The smallest absolute Gasteiger partial charge is 0.255 e. The van der Waals surface area contributed by atoms with E-state index in [1.807, 2.05) is 18.2 Å². The summed E-state index contributed by atoms with van der Waals surface area (Å²) < 4.78 is 0. The minimum absolute atomic E-state index is 0.0149. The number of nitrogens with two attached hydrogens (primary N) is 2. The summed E-state index contributed by atoms with van der Waals surface area (Å²) in [6.45, 7) is 0.0204. The van der Waals surface area contributed by atoms with Crippen LogP contribution in [0.15, 0.2) is 72.8 Å². The second-order valence-electron chi connectivity index (χ2n) is 6.81. The minimum Gasteiger partial charge on any atom is -0.399 e. The minimum atomic E-state index is -0.354. The summed E-state index contributed by atoms with van der Waals surface area (Å²) in [5, 5.41) is 5.51. The number of amides is 2. The Kier molecular flexibility index (Phi) is 6.85. The normalized spacial score (nSPS) is 10.2. The monoisotopic (exact) mass is 417 g/mol. The molecule has 3 aromatic rings. The number of nitrogen functional groups attached to an aromatic ring is 2. The van der Waals surface area contributed by atoms with Crippen LogP contribution in [0, 0.1) is 0 Å². The predicted octanol–water partition coefficient (Wildman–Crippen LogP) is 2.75. The molecule has 158 valence electrons. The van der Waals surface area contributed by atoms with Gasteiger partial charge in [-0.05, 0) is 54.6 Å². The average Bonchev–Trinajstić information content (AvgIpc) is 2.77. The van der Waals surface area contributed by atoms with E-state index in [9.17, 15) is 14.4 Å². The first kappa shape index (κ1) is 21.4. The summed E-state index contributed by atoms with van der Waals surface area (Å²) >= 11 is 0. The van der Waals surface area contributed by atoms with Crippen molar-refractivity contribution in [2.24, 2.45) is 0 Å². The molecule has 0 atom stereocenters. The summed E-state index contributed by atoms with van der Waals surface area (Å²) in [5.41, 5.74) is 14.6. The van der Waals surface area contributed by atoms with E-state index in [1.54, 1.807) is 59.5 Å². The van der Waals surface area contributed by atoms with E-state index in [4.69, 9.17) is 11.5 Å². The molecule has 0 fully saturated rings. The zero-order valence-electron chi connectivity index (χ0n) is 16.7. The molecule has 3 aromatic carbocycles. The summed E-state index contributed by atoms with van der Waals surface area (Å²) in [4.78, 5) is 37.6. The van der Waals surface area contributed by atoms with E-state index in [0.29, 0.717) is 34.0 Å². The summed E-state index contributed by atoms with van der Waals surface area (Å²) in [6.07, 6.45) is 0.721. The molecule has 31 heavy (non-hydrogen) atoms. The Bertz CT molecular complexity index is 1070. The number of rotatable bonds is 8. The fourth-order valence-corrected chi connectivity index (χ4v) is 2.95. The molecular formula is C23H23N5O3. The predicted molar refractivity (Wildman–Crippen MR) is 123 cm³/mol. The van der Waals surface area contributed by atoms with E-state index in [2.05, 4.69) is 10.6 Å². The molecule has 6 N–H and O–H groups in total. The molecule has 0 aliphatic heterocycles. The maximum Gasteiger partial charge on any atom is 0.255 e. The first-order valence-electron chi connectivity index (χ1n) is 9.56. The molecule has 3 rings (SSSR count). The van der Waals surface area contributed by atoms with Crippen molar-refractivity contribution in [3.05, 3.63) is 78.4 Å². The van der Waals surface area contributed by atoms with E-state index in [1.165, 1.54) is 0 Å². The highest BCUT2D eigenvalue weighted by Crippen LogP contribution is 2.22. The molecule has 0 spiro atoms. The van der Waals surface area contributed by atoms with Gasteiger partial charge in [-0.1, -0.05) is 18.2 Å². The number of anilines is 5. The third-order valence-corrected chi connectivity index (χ3v) is 4.51. The molecule has 0 unspecified atom stereocenters. The summed E-state index contributed by atoms with van der Waals surface area (Å²) in [6, 6.07) is 20.5. The van der Waals surface area contributed by atoms with Crippen molar-refractivity contribution in [3.8, 4) is 0 Å². The fraction of sp³-hybridized carbons (Fsp3) is 0.0870. The van der Waals surface area contributed by atoms with Crippen molar-refractivity contribution in [1.29, 1.82) is 0 Å². The van der Waals surface area contributed by atoms with Crippen molar-refractivity contribution >= 4 is 46.5 Å². The van der Waals surface area contributed by atoms with Crippen molar-refractivity contribution in [3.63, 3.8) is 0 Å². The van der Waals surface area contributed by atoms with Crippen LogP contribution in [0.2, 0.25) is 0 Å². The van der Waals surface area contributed by atoms with Gasteiger partial charge in [-0.2, -0.15) is 0 Å². The molecule has 2 amide bonds. The highest BCUT2D eigenvalue weighted by Gasteiger charge is 2.14. The third kappa shape index (κ3) is 5.83. The highest BCUT2D eigenvalue weighted by atomic mass is 16.2. The second-order valence-corrected chi connectivity index (χ2v) is 6.81. The first-order valence-corrected chi connectivity index (χ1v) is 9.56. The Morgan fingerprint density at radius 2 is 1.61 bits per heavy atom. The van der Waals surface area contributed by atoms with Crippen LogP contribution in [0.4, 0.5) is 28.4 Å². The van der Waals surface area contributed by atoms with Gasteiger partial charge >= 0.3 is 0 Å². The molecule has 0 bridgehead atoms. The third-order valence-electron chi connectivity index (χ3n) is 4.51. The second kappa shape index (κ2) is 9.93. The lowest BCUT2D eigenvalue weighted by atomic mass is 10.1. The molecule has 0 saturated heterocycles. The lowest BCUT2D eigenvalue weighted by Crippen LogP contribution is -2.34. The number of para-hydroxylation sites is 1. The van der Waals surface area contributed by atoms with Crippen LogP contribution < -0.4 is 27.0 Å². The highest BCUT2D eigenvalue weighted by molar-refractivity contribution is 6.06. The number of nitrogens with one attached hydrogen (secondary N) is 2. The van der Waals surface area contributed by atoms with E-state index < -0.39 is 0 Å². The lowest BCUT2D eigenvalue weighted by Gasteiger charge is -2.22. The fourth-order valence-electron chi connectivity index (χ4n) is 2.95. The van der Waals surface area contributed by atoms with Gasteiger partial charge in [0, 0.05) is 22.6 Å². The number of nitrogens with zero attached hydrogens (tertiary/aromatic N) is 1. The number of benzene rings is 3. The average molecular weight is 417 g/mol. The van der Waals surface area contributed by atoms with Gasteiger partial charge in [0.25, 0.3) is 5.91 Å². The Hall–Kier alpha value is -4.33. The SMILES string of the molecule is Nc1ccc(N)c(NC(=O)c2ccc(N(CC=O)CC(=O)Nc3ccccc3)cc2)c1. The van der Waals surface area contributed by atoms with Gasteiger partial charge in [0.15, 0.2) is 0 Å². The van der Waals surface area contributed by atoms with Crippen molar-refractivity contribution < 1.29 is 14.4 Å². The quantitative estimate of drug-likeness (QED) is 0.329. The molecule has 8 heteroatoms. The zero-order valence-corrected chi connectivity index (χ0v) is 16.7. The van der Waals surface area contributed by atoms with E-state index in [0.717, 1.165) is 6.29 Å². The number of aldehydes is 1. The van der Waals surface area contributed by atoms with Gasteiger partial charge in [0.2, 0.25) is 5.91 Å². The van der Waals surface area contributed by atoms with Crippen LogP contribution in [0.3, 0.4) is 0 Å². The van der Waals surface area contributed by atoms with Crippen LogP contribution in [0.25, 0.3) is 0 Å². The Balaban J connectivity index is 1.68. The Morgan fingerprint density at radius 3 is 2.29 bits per heavy atom. The molecule has 0 heterocycles. The van der Waals surface area contributed by atoms with E-state index in [-0.39, 0.29) is 24.9 Å². The number of carbonyl (C=O) groups excluding carboxylic acids is 3. The number of hydrogen-bond donors (Lipinski definition) is 4. The largest absolute Gasteiger partial charge is 0.399 e. The molecule has 0 radical (unpaired) electrons. The zero-order chi connectivity index (χ0) is 22.2.